The quantitative estimate of drug-likeness (QED) is 0.920. The second-order valence-electron chi connectivity index (χ2n) is 4.31. The fraction of sp³-hybridized carbons (Fsp3) is 0.500. The first-order valence-electron chi connectivity index (χ1n) is 5.14. The van der Waals surface area contributed by atoms with Crippen molar-refractivity contribution in [2.24, 2.45) is 11.8 Å². The topological polar surface area (TPSA) is 63.2 Å². The molecule has 4 nitrogen and oxygen atoms in total. The monoisotopic (exact) mass is 337 g/mol. The number of rotatable bonds is 3. The molecule has 1 aromatic heterocycles. The molecular weight excluding hydrogens is 326 g/mol. The lowest BCUT2D eigenvalue weighted by molar-refractivity contribution is -0.120. The molecule has 1 amide bonds. The molecule has 1 fully saturated rings. The second-order valence-corrected chi connectivity index (χ2v) is 8.59. The summed E-state index contributed by atoms with van der Waals surface area (Å²) < 4.78 is 26.9. The van der Waals surface area contributed by atoms with E-state index in [2.05, 4.69) is 20.7 Å². The third-order valence-corrected chi connectivity index (χ3v) is 6.74. The minimum Gasteiger partial charge on any atom is -0.274 e. The van der Waals surface area contributed by atoms with Gasteiger partial charge in [-0.2, -0.15) is 0 Å². The molecule has 1 N–H and O–H groups in total. The maximum atomic E-state index is 11.9. The molecule has 0 aliphatic heterocycles. The van der Waals surface area contributed by atoms with Crippen LogP contribution in [0.15, 0.2) is 14.1 Å². The number of halogens is 1. The van der Waals surface area contributed by atoms with E-state index in [1.54, 1.807) is 6.07 Å². The van der Waals surface area contributed by atoms with E-state index in [4.69, 9.17) is 0 Å². The fourth-order valence-electron chi connectivity index (χ4n) is 1.51. The molecule has 0 saturated heterocycles. The van der Waals surface area contributed by atoms with Gasteiger partial charge in [-0.15, -0.1) is 11.3 Å². The Labute approximate surface area is 113 Å². The van der Waals surface area contributed by atoms with E-state index in [0.717, 1.165) is 27.1 Å². The van der Waals surface area contributed by atoms with E-state index >= 15 is 0 Å². The Morgan fingerprint density at radius 1 is 1.59 bits per heavy atom. The normalized spacial score (nSPS) is 23.5. The number of hydrogen-bond acceptors (Lipinski definition) is 4. The zero-order valence-corrected chi connectivity index (χ0v) is 12.6. The van der Waals surface area contributed by atoms with Gasteiger partial charge in [0.25, 0.3) is 10.0 Å². The van der Waals surface area contributed by atoms with Gasteiger partial charge in [-0.25, -0.2) is 13.1 Å². The zero-order valence-electron chi connectivity index (χ0n) is 9.36. The van der Waals surface area contributed by atoms with Gasteiger partial charge >= 0.3 is 0 Å². The molecule has 7 heteroatoms. The summed E-state index contributed by atoms with van der Waals surface area (Å²) in [5, 5.41) is 0. The van der Waals surface area contributed by atoms with Crippen molar-refractivity contribution < 1.29 is 13.2 Å². The van der Waals surface area contributed by atoms with Crippen LogP contribution >= 0.6 is 27.3 Å². The van der Waals surface area contributed by atoms with Gasteiger partial charge < -0.3 is 0 Å². The summed E-state index contributed by atoms with van der Waals surface area (Å²) in [6, 6.07) is 1.56. The highest BCUT2D eigenvalue weighted by Gasteiger charge is 2.40. The summed E-state index contributed by atoms with van der Waals surface area (Å²) in [5.41, 5.74) is 0.850. The predicted molar refractivity (Wildman–Crippen MR) is 69.4 cm³/mol. The van der Waals surface area contributed by atoms with Crippen LogP contribution in [0.25, 0.3) is 0 Å². The van der Waals surface area contributed by atoms with Crippen molar-refractivity contribution in [1.29, 1.82) is 0 Å². The average Bonchev–Trinajstić information content (AvgIpc) is 2.84. The first-order valence-corrected chi connectivity index (χ1v) is 8.23. The highest BCUT2D eigenvalue weighted by atomic mass is 79.9. The molecule has 0 aromatic carbocycles. The van der Waals surface area contributed by atoms with Crippen molar-refractivity contribution in [1.82, 2.24) is 4.72 Å². The maximum Gasteiger partial charge on any atom is 0.273 e. The minimum absolute atomic E-state index is 0.144. The van der Waals surface area contributed by atoms with Crippen LogP contribution in [0.1, 0.15) is 18.9 Å². The molecule has 1 heterocycles. The number of sulfonamides is 1. The number of carbonyl (C=O) groups excluding carboxylic acids is 1. The van der Waals surface area contributed by atoms with Gasteiger partial charge in [0.2, 0.25) is 5.91 Å². The molecule has 17 heavy (non-hydrogen) atoms. The molecule has 94 valence electrons. The van der Waals surface area contributed by atoms with Gasteiger partial charge in [-0.1, -0.05) is 6.92 Å². The van der Waals surface area contributed by atoms with Gasteiger partial charge in [0.15, 0.2) is 0 Å². The lowest BCUT2D eigenvalue weighted by atomic mass is 10.3. The highest BCUT2D eigenvalue weighted by Crippen LogP contribution is 2.38. The summed E-state index contributed by atoms with van der Waals surface area (Å²) in [6.45, 7) is 3.74. The van der Waals surface area contributed by atoms with E-state index in [1.807, 2.05) is 13.8 Å². The van der Waals surface area contributed by atoms with Gasteiger partial charge in [-0.3, -0.25) is 4.79 Å². The first kappa shape index (κ1) is 13.0. The van der Waals surface area contributed by atoms with Gasteiger partial charge in [0, 0.05) is 5.92 Å². The Bertz CT molecular complexity index is 545. The largest absolute Gasteiger partial charge is 0.274 e. The molecule has 1 saturated carbocycles. The van der Waals surface area contributed by atoms with E-state index < -0.39 is 10.0 Å². The molecule has 0 radical (unpaired) electrons. The number of hydrogen-bond donors (Lipinski definition) is 1. The number of thiophene rings is 1. The Kier molecular flexibility index (Phi) is 3.35. The average molecular weight is 338 g/mol. The lowest BCUT2D eigenvalue weighted by Gasteiger charge is -2.03. The van der Waals surface area contributed by atoms with Crippen LogP contribution in [0.3, 0.4) is 0 Å². The van der Waals surface area contributed by atoms with E-state index in [0.29, 0.717) is 5.92 Å². The SMILES string of the molecule is Cc1cc(S(=O)(=O)NC(=O)[C@@H]2C[C@H]2C)sc1Br. The Balaban J connectivity index is 2.16. The molecule has 1 aliphatic rings. The van der Waals surface area contributed by atoms with Crippen molar-refractivity contribution in [2.45, 2.75) is 24.5 Å². The zero-order chi connectivity index (χ0) is 12.8. The molecule has 0 spiro atoms. The third-order valence-electron chi connectivity index (χ3n) is 2.78. The predicted octanol–water partition coefficient (Wildman–Crippen LogP) is 2.28. The maximum absolute atomic E-state index is 11.9. The van der Waals surface area contributed by atoms with E-state index in [1.165, 1.54) is 0 Å². The summed E-state index contributed by atoms with van der Waals surface area (Å²) >= 11 is 4.38. The van der Waals surface area contributed by atoms with Crippen LogP contribution in [0, 0.1) is 18.8 Å². The van der Waals surface area contributed by atoms with E-state index in [-0.39, 0.29) is 16.0 Å². The molecule has 0 unspecified atom stereocenters. The standard InChI is InChI=1S/C10H12BrNO3S2/c1-5-3-7(5)10(13)12-17(14,15)8-4-6(2)9(11)16-8/h4-5,7H,3H2,1-2H3,(H,12,13)/t5-,7-/m1/s1. The van der Waals surface area contributed by atoms with Crippen LogP contribution in [-0.2, 0) is 14.8 Å². The molecule has 1 aromatic rings. The molecule has 2 atom stereocenters. The van der Waals surface area contributed by atoms with Crippen LogP contribution in [0.5, 0.6) is 0 Å². The number of amides is 1. The third kappa shape index (κ3) is 2.71. The van der Waals surface area contributed by atoms with Crippen molar-refractivity contribution in [2.75, 3.05) is 0 Å². The van der Waals surface area contributed by atoms with Crippen molar-refractivity contribution in [3.63, 3.8) is 0 Å². The summed E-state index contributed by atoms with van der Waals surface area (Å²) in [4.78, 5) is 11.6. The summed E-state index contributed by atoms with van der Waals surface area (Å²) in [5.74, 6) is -0.240. The highest BCUT2D eigenvalue weighted by molar-refractivity contribution is 9.11. The van der Waals surface area contributed by atoms with E-state index in [9.17, 15) is 13.2 Å². The van der Waals surface area contributed by atoms with Crippen molar-refractivity contribution >= 4 is 43.2 Å². The number of nitrogens with one attached hydrogen (secondary N) is 1. The summed E-state index contributed by atoms with van der Waals surface area (Å²) in [7, 11) is -3.70. The van der Waals surface area contributed by atoms with Crippen LogP contribution in [0.2, 0.25) is 0 Å². The summed E-state index contributed by atoms with van der Waals surface area (Å²) in [6.07, 6.45) is 0.772. The second kappa shape index (κ2) is 4.37. The van der Waals surface area contributed by atoms with Crippen molar-refractivity contribution in [3.05, 3.63) is 15.4 Å². The van der Waals surface area contributed by atoms with Crippen LogP contribution in [0.4, 0.5) is 0 Å². The number of aryl methyl sites for hydroxylation is 1. The van der Waals surface area contributed by atoms with Crippen LogP contribution in [-0.4, -0.2) is 14.3 Å². The Hall–Kier alpha value is -0.400. The molecular formula is C10H12BrNO3S2. The Morgan fingerprint density at radius 2 is 2.18 bits per heavy atom. The first-order chi connectivity index (χ1) is 7.81. The van der Waals surface area contributed by atoms with Gasteiger partial charge in [0.1, 0.15) is 4.21 Å². The number of carbonyl (C=O) groups is 1. The van der Waals surface area contributed by atoms with Gasteiger partial charge in [-0.05, 0) is 46.8 Å². The van der Waals surface area contributed by atoms with Gasteiger partial charge in [0.05, 0.1) is 3.79 Å². The molecule has 1 aliphatic carbocycles. The fourth-order valence-corrected chi connectivity index (χ4v) is 4.76. The Morgan fingerprint density at radius 3 is 2.59 bits per heavy atom. The molecule has 0 bridgehead atoms. The van der Waals surface area contributed by atoms with Crippen molar-refractivity contribution in [3.8, 4) is 0 Å². The van der Waals surface area contributed by atoms with Crippen LogP contribution < -0.4 is 4.72 Å². The smallest absolute Gasteiger partial charge is 0.273 e. The minimum atomic E-state index is -3.70. The lowest BCUT2D eigenvalue weighted by Crippen LogP contribution is -2.31. The molecule has 2 rings (SSSR count).